The molecular weight excluding hydrogens is 456 g/mol. The first-order valence-corrected chi connectivity index (χ1v) is 10.5. The highest BCUT2D eigenvalue weighted by Crippen LogP contribution is 2.42. The van der Waals surface area contributed by atoms with Crippen molar-refractivity contribution < 1.29 is 23.8 Å². The van der Waals surface area contributed by atoms with Gasteiger partial charge in [0.1, 0.15) is 11.6 Å². The van der Waals surface area contributed by atoms with Crippen molar-refractivity contribution in [3.63, 3.8) is 0 Å². The van der Waals surface area contributed by atoms with Gasteiger partial charge in [-0.2, -0.15) is 0 Å². The first kappa shape index (κ1) is 22.3. The molecule has 1 N–H and O–H groups in total. The van der Waals surface area contributed by atoms with E-state index >= 15 is 0 Å². The van der Waals surface area contributed by atoms with Gasteiger partial charge in [0.25, 0.3) is 11.8 Å². The Balaban J connectivity index is 1.63. The van der Waals surface area contributed by atoms with Crippen LogP contribution < -0.4 is 4.74 Å². The van der Waals surface area contributed by atoms with E-state index in [9.17, 15) is 19.1 Å². The smallest absolute Gasteiger partial charge is 0.261 e. The minimum Gasteiger partial charge on any atom is -0.496 e. The fourth-order valence-corrected chi connectivity index (χ4v) is 4.52. The summed E-state index contributed by atoms with van der Waals surface area (Å²) in [6.07, 6.45) is -1.22. The lowest BCUT2D eigenvalue weighted by molar-refractivity contribution is 0.0543. The minimum absolute atomic E-state index is 0.0661. The van der Waals surface area contributed by atoms with Crippen LogP contribution in [0.2, 0.25) is 10.0 Å². The second kappa shape index (κ2) is 8.90. The van der Waals surface area contributed by atoms with E-state index in [0.29, 0.717) is 43.6 Å². The lowest BCUT2D eigenvalue weighted by Crippen LogP contribution is -2.37. The number of carbonyl (C=O) groups is 2. The van der Waals surface area contributed by atoms with Crippen LogP contribution >= 0.6 is 23.2 Å². The first-order chi connectivity index (χ1) is 15.3. The van der Waals surface area contributed by atoms with Gasteiger partial charge in [-0.25, -0.2) is 4.39 Å². The lowest BCUT2D eigenvalue weighted by atomic mass is 9.97. The SMILES string of the molecule is COc1c(C[C@H](O)CN2C(=O)c3ccccc3C2=O)cc(F)cc1-c1c(Cl)cccc1Cl. The molecule has 0 unspecified atom stereocenters. The normalized spacial score (nSPS) is 14.0. The van der Waals surface area contributed by atoms with Crippen molar-refractivity contribution in [1.29, 1.82) is 0 Å². The fourth-order valence-electron chi connectivity index (χ4n) is 3.92. The molecule has 0 saturated heterocycles. The van der Waals surface area contributed by atoms with E-state index in [1.54, 1.807) is 42.5 Å². The van der Waals surface area contributed by atoms with Gasteiger partial charge in [0.2, 0.25) is 0 Å². The number of ether oxygens (including phenoxy) is 1. The van der Waals surface area contributed by atoms with Gasteiger partial charge in [-0.15, -0.1) is 0 Å². The molecule has 1 heterocycles. The third kappa shape index (κ3) is 3.97. The van der Waals surface area contributed by atoms with Crippen LogP contribution in [0.5, 0.6) is 5.75 Å². The van der Waals surface area contributed by atoms with Crippen molar-refractivity contribution in [3.05, 3.63) is 87.2 Å². The molecule has 0 spiro atoms. The zero-order valence-electron chi connectivity index (χ0n) is 16.9. The topological polar surface area (TPSA) is 66.8 Å². The van der Waals surface area contributed by atoms with Crippen LogP contribution in [-0.2, 0) is 6.42 Å². The third-order valence-electron chi connectivity index (χ3n) is 5.29. The highest BCUT2D eigenvalue weighted by molar-refractivity contribution is 6.39. The van der Waals surface area contributed by atoms with Crippen LogP contribution in [0.15, 0.2) is 54.6 Å². The van der Waals surface area contributed by atoms with Crippen molar-refractivity contribution >= 4 is 35.0 Å². The van der Waals surface area contributed by atoms with Gasteiger partial charge in [0, 0.05) is 23.1 Å². The van der Waals surface area contributed by atoms with E-state index in [0.717, 1.165) is 4.90 Å². The van der Waals surface area contributed by atoms with Gasteiger partial charge < -0.3 is 9.84 Å². The average Bonchev–Trinajstić information content (AvgIpc) is 2.98. The Kier molecular flexibility index (Phi) is 6.20. The molecule has 0 saturated carbocycles. The number of rotatable bonds is 6. The molecule has 5 nitrogen and oxygen atoms in total. The number of hydrogen-bond acceptors (Lipinski definition) is 4. The number of aliphatic hydroxyl groups excluding tert-OH is 1. The molecular formula is C24H18Cl2FNO4. The molecule has 164 valence electrons. The Hall–Kier alpha value is -2.93. The van der Waals surface area contributed by atoms with E-state index in [-0.39, 0.29) is 13.0 Å². The third-order valence-corrected chi connectivity index (χ3v) is 5.92. The van der Waals surface area contributed by atoms with Gasteiger partial charge in [0.15, 0.2) is 0 Å². The van der Waals surface area contributed by atoms with Crippen LogP contribution in [0.4, 0.5) is 4.39 Å². The average molecular weight is 474 g/mol. The predicted octanol–water partition coefficient (Wildman–Crippen LogP) is 5.01. The number of carbonyl (C=O) groups excluding carboxylic acids is 2. The summed E-state index contributed by atoms with van der Waals surface area (Å²) in [5, 5.41) is 11.3. The first-order valence-electron chi connectivity index (χ1n) is 9.76. The summed E-state index contributed by atoms with van der Waals surface area (Å²) in [5.41, 5.74) is 1.68. The molecule has 32 heavy (non-hydrogen) atoms. The number of β-amino-alcohol motifs (C(OH)–C–C–N with tert-alkyl or cyclic N) is 1. The summed E-state index contributed by atoms with van der Waals surface area (Å²) in [7, 11) is 1.42. The summed E-state index contributed by atoms with van der Waals surface area (Å²) in [6, 6.07) is 13.9. The Morgan fingerprint density at radius 1 is 0.969 bits per heavy atom. The van der Waals surface area contributed by atoms with Crippen LogP contribution in [-0.4, -0.2) is 41.6 Å². The predicted molar refractivity (Wildman–Crippen MR) is 120 cm³/mol. The zero-order valence-corrected chi connectivity index (χ0v) is 18.5. The van der Waals surface area contributed by atoms with E-state index in [2.05, 4.69) is 0 Å². The molecule has 8 heteroatoms. The van der Waals surface area contributed by atoms with Crippen LogP contribution in [0.3, 0.4) is 0 Å². The van der Waals surface area contributed by atoms with Gasteiger partial charge in [-0.3, -0.25) is 14.5 Å². The maximum atomic E-state index is 14.5. The number of halogens is 3. The van der Waals surface area contributed by atoms with Gasteiger partial charge in [-0.1, -0.05) is 41.4 Å². The molecule has 4 rings (SSSR count). The van der Waals surface area contributed by atoms with Gasteiger partial charge in [-0.05, 0) is 36.4 Å². The summed E-state index contributed by atoms with van der Waals surface area (Å²) in [5.74, 6) is -1.22. The molecule has 1 atom stereocenters. The number of imide groups is 1. The molecule has 3 aromatic rings. The molecule has 3 aromatic carbocycles. The van der Waals surface area contributed by atoms with Crippen molar-refractivity contribution in [3.8, 4) is 16.9 Å². The Morgan fingerprint density at radius 3 is 2.12 bits per heavy atom. The summed E-state index contributed by atoms with van der Waals surface area (Å²) in [4.78, 5) is 26.1. The van der Waals surface area contributed by atoms with Crippen molar-refractivity contribution in [2.45, 2.75) is 12.5 Å². The van der Waals surface area contributed by atoms with E-state index in [4.69, 9.17) is 27.9 Å². The molecule has 0 radical (unpaired) electrons. The van der Waals surface area contributed by atoms with Crippen molar-refractivity contribution in [2.24, 2.45) is 0 Å². The highest BCUT2D eigenvalue weighted by Gasteiger charge is 2.36. The maximum Gasteiger partial charge on any atom is 0.261 e. The highest BCUT2D eigenvalue weighted by atomic mass is 35.5. The Labute approximate surface area is 193 Å². The second-order valence-corrected chi connectivity index (χ2v) is 8.18. The monoisotopic (exact) mass is 473 g/mol. The van der Waals surface area contributed by atoms with Crippen LogP contribution in [0, 0.1) is 5.82 Å². The molecule has 2 amide bonds. The molecule has 0 bridgehead atoms. The number of amides is 2. The van der Waals surface area contributed by atoms with Crippen LogP contribution in [0.25, 0.3) is 11.1 Å². The zero-order chi connectivity index (χ0) is 23.0. The van der Waals surface area contributed by atoms with Crippen molar-refractivity contribution in [2.75, 3.05) is 13.7 Å². The summed E-state index contributed by atoms with van der Waals surface area (Å²) in [6.45, 7) is -0.242. The molecule has 1 aliphatic heterocycles. The minimum atomic E-state index is -1.15. The number of aliphatic hydroxyl groups is 1. The number of hydrogen-bond donors (Lipinski definition) is 1. The largest absolute Gasteiger partial charge is 0.496 e. The number of methoxy groups -OCH3 is 1. The number of benzene rings is 3. The number of fused-ring (bicyclic) bond motifs is 1. The van der Waals surface area contributed by atoms with Crippen LogP contribution in [0.1, 0.15) is 26.3 Å². The fraction of sp³-hybridized carbons (Fsp3) is 0.167. The van der Waals surface area contributed by atoms with Gasteiger partial charge >= 0.3 is 0 Å². The molecule has 0 aromatic heterocycles. The van der Waals surface area contributed by atoms with E-state index in [1.807, 2.05) is 0 Å². The lowest BCUT2D eigenvalue weighted by Gasteiger charge is -2.21. The molecule has 1 aliphatic rings. The Morgan fingerprint density at radius 2 is 1.56 bits per heavy atom. The molecule has 0 aliphatic carbocycles. The van der Waals surface area contributed by atoms with E-state index in [1.165, 1.54) is 19.2 Å². The standard InChI is InChI=1S/C24H18Cl2FNO4/c1-32-22-13(9-14(27)11-18(22)21-19(25)7-4-8-20(21)26)10-15(29)12-28-23(30)16-5-2-3-6-17(16)24(28)31/h2-9,11,15,29H,10,12H2,1H3/t15-/m0/s1. The molecule has 0 fully saturated rings. The van der Waals surface area contributed by atoms with Gasteiger partial charge in [0.05, 0.1) is 40.9 Å². The van der Waals surface area contributed by atoms with Crippen molar-refractivity contribution in [1.82, 2.24) is 4.90 Å². The van der Waals surface area contributed by atoms with E-state index < -0.39 is 23.7 Å². The summed E-state index contributed by atoms with van der Waals surface area (Å²) >= 11 is 12.6. The quantitative estimate of drug-likeness (QED) is 0.511. The summed E-state index contributed by atoms with van der Waals surface area (Å²) < 4.78 is 20.0. The maximum absolute atomic E-state index is 14.5. The Bertz CT molecular complexity index is 1180. The second-order valence-electron chi connectivity index (χ2n) is 7.37. The number of nitrogens with zero attached hydrogens (tertiary/aromatic N) is 1.